The van der Waals surface area contributed by atoms with Crippen molar-refractivity contribution >= 4 is 11.6 Å². The molecule has 2 aromatic carbocycles. The minimum absolute atomic E-state index is 0.00104. The topological polar surface area (TPSA) is 77.4 Å². The molecule has 0 unspecified atom stereocenters. The summed E-state index contributed by atoms with van der Waals surface area (Å²) in [6, 6.07) is 15.5. The third-order valence-corrected chi connectivity index (χ3v) is 5.14. The van der Waals surface area contributed by atoms with E-state index >= 15 is 0 Å². The molecule has 7 nitrogen and oxygen atoms in total. The van der Waals surface area contributed by atoms with Crippen LogP contribution in [-0.2, 0) is 11.3 Å². The van der Waals surface area contributed by atoms with Gasteiger partial charge in [0.15, 0.2) is 5.69 Å². The summed E-state index contributed by atoms with van der Waals surface area (Å²) in [5, 5.41) is 10.5. The monoisotopic (exact) mass is 442 g/mol. The SMILES string of the molecule is CCn1nc(C(=O)Nc2ccc([C@H]3CNCCO3)cc2)cc1-c1cccc(OC(F)F)c1. The number of nitrogens with zero attached hydrogens (tertiary/aromatic N) is 2. The van der Waals surface area contributed by atoms with Crippen LogP contribution in [0.3, 0.4) is 0 Å². The zero-order chi connectivity index (χ0) is 22.5. The number of anilines is 1. The lowest BCUT2D eigenvalue weighted by Crippen LogP contribution is -2.33. The first-order valence-corrected chi connectivity index (χ1v) is 10.4. The maximum Gasteiger partial charge on any atom is 0.387 e. The van der Waals surface area contributed by atoms with Crippen molar-refractivity contribution in [1.82, 2.24) is 15.1 Å². The number of hydrogen-bond donors (Lipinski definition) is 2. The highest BCUT2D eigenvalue weighted by molar-refractivity contribution is 6.03. The van der Waals surface area contributed by atoms with Gasteiger partial charge < -0.3 is 20.1 Å². The summed E-state index contributed by atoms with van der Waals surface area (Å²) in [4.78, 5) is 12.8. The second kappa shape index (κ2) is 9.88. The molecule has 0 bridgehead atoms. The normalized spacial score (nSPS) is 16.2. The fourth-order valence-corrected chi connectivity index (χ4v) is 3.59. The van der Waals surface area contributed by atoms with Crippen molar-refractivity contribution in [2.45, 2.75) is 26.2 Å². The van der Waals surface area contributed by atoms with E-state index in [9.17, 15) is 13.6 Å². The van der Waals surface area contributed by atoms with Gasteiger partial charge in [0, 0.05) is 30.9 Å². The van der Waals surface area contributed by atoms with Crippen LogP contribution < -0.4 is 15.4 Å². The van der Waals surface area contributed by atoms with E-state index in [0.717, 1.165) is 18.7 Å². The minimum atomic E-state index is -2.91. The molecule has 9 heteroatoms. The fraction of sp³-hybridized carbons (Fsp3) is 0.304. The van der Waals surface area contributed by atoms with Crippen molar-refractivity contribution in [2.75, 3.05) is 25.0 Å². The molecule has 0 saturated carbocycles. The number of carbonyl (C=O) groups is 1. The van der Waals surface area contributed by atoms with Crippen LogP contribution in [0, 0.1) is 0 Å². The third-order valence-electron chi connectivity index (χ3n) is 5.14. The molecule has 2 N–H and O–H groups in total. The molecular weight excluding hydrogens is 418 g/mol. The van der Waals surface area contributed by atoms with Crippen molar-refractivity contribution in [3.63, 3.8) is 0 Å². The van der Waals surface area contributed by atoms with Crippen LogP contribution in [0.25, 0.3) is 11.3 Å². The summed E-state index contributed by atoms with van der Waals surface area (Å²) < 4.78 is 37.0. The van der Waals surface area contributed by atoms with Gasteiger partial charge in [-0.25, -0.2) is 0 Å². The molecule has 1 aliphatic rings. The van der Waals surface area contributed by atoms with E-state index in [1.165, 1.54) is 12.1 Å². The average molecular weight is 442 g/mol. The first-order valence-electron chi connectivity index (χ1n) is 10.4. The Bertz CT molecular complexity index is 1060. The van der Waals surface area contributed by atoms with Gasteiger partial charge in [-0.15, -0.1) is 0 Å². The highest BCUT2D eigenvalue weighted by Crippen LogP contribution is 2.26. The number of alkyl halides is 2. The lowest BCUT2D eigenvalue weighted by Gasteiger charge is -2.24. The Morgan fingerprint density at radius 1 is 1.28 bits per heavy atom. The summed E-state index contributed by atoms with van der Waals surface area (Å²) in [6.45, 7) is 1.76. The van der Waals surface area contributed by atoms with E-state index in [1.54, 1.807) is 22.9 Å². The Balaban J connectivity index is 1.49. The molecule has 0 spiro atoms. The number of benzene rings is 2. The van der Waals surface area contributed by atoms with Crippen LogP contribution in [0.15, 0.2) is 54.6 Å². The van der Waals surface area contributed by atoms with E-state index in [-0.39, 0.29) is 23.5 Å². The number of halogens is 2. The largest absolute Gasteiger partial charge is 0.435 e. The maximum atomic E-state index is 12.8. The number of aryl methyl sites for hydroxylation is 1. The van der Waals surface area contributed by atoms with E-state index in [1.807, 2.05) is 31.2 Å². The van der Waals surface area contributed by atoms with Crippen molar-refractivity contribution in [1.29, 1.82) is 0 Å². The molecule has 1 aromatic heterocycles. The standard InChI is InChI=1S/C23H24F2N4O3/c1-2-29-20(16-4-3-5-18(12-16)32-23(24)25)13-19(28-29)22(30)27-17-8-6-15(7-9-17)21-14-26-10-11-31-21/h3-9,12-13,21,23,26H,2,10-11,14H2,1H3,(H,27,30)/t21-/m1/s1. The molecule has 1 aliphatic heterocycles. The fourth-order valence-electron chi connectivity index (χ4n) is 3.59. The van der Waals surface area contributed by atoms with Gasteiger partial charge >= 0.3 is 6.61 Å². The number of carbonyl (C=O) groups excluding carboxylic acids is 1. The number of hydrogen-bond acceptors (Lipinski definition) is 5. The van der Waals surface area contributed by atoms with E-state index in [4.69, 9.17) is 4.74 Å². The second-order valence-corrected chi connectivity index (χ2v) is 7.28. The number of morpholine rings is 1. The molecule has 4 rings (SSSR count). The van der Waals surface area contributed by atoms with Gasteiger partial charge in [0.2, 0.25) is 0 Å². The van der Waals surface area contributed by atoms with Gasteiger partial charge in [-0.1, -0.05) is 24.3 Å². The van der Waals surface area contributed by atoms with Crippen molar-refractivity contribution in [2.24, 2.45) is 0 Å². The zero-order valence-electron chi connectivity index (χ0n) is 17.6. The summed E-state index contributed by atoms with van der Waals surface area (Å²) in [5.74, 6) is -0.314. The number of nitrogens with one attached hydrogen (secondary N) is 2. The Hall–Kier alpha value is -3.30. The molecule has 3 aromatic rings. The van der Waals surface area contributed by atoms with E-state index in [0.29, 0.717) is 30.1 Å². The first-order chi connectivity index (χ1) is 15.5. The molecule has 1 fully saturated rings. The average Bonchev–Trinajstić information content (AvgIpc) is 3.25. The number of aromatic nitrogens is 2. The smallest absolute Gasteiger partial charge is 0.387 e. The molecule has 0 radical (unpaired) electrons. The Morgan fingerprint density at radius 2 is 2.09 bits per heavy atom. The number of ether oxygens (including phenoxy) is 2. The summed E-state index contributed by atoms with van der Waals surface area (Å²) in [5.41, 5.74) is 3.17. The van der Waals surface area contributed by atoms with Crippen LogP contribution in [0.2, 0.25) is 0 Å². The summed E-state index contributed by atoms with van der Waals surface area (Å²) in [7, 11) is 0. The van der Waals surface area contributed by atoms with Gasteiger partial charge in [0.25, 0.3) is 5.91 Å². The van der Waals surface area contributed by atoms with Gasteiger partial charge in [0.1, 0.15) is 5.75 Å². The van der Waals surface area contributed by atoms with Crippen LogP contribution in [-0.4, -0.2) is 42.0 Å². The van der Waals surface area contributed by atoms with Crippen LogP contribution in [0.4, 0.5) is 14.5 Å². The molecular formula is C23H24F2N4O3. The lowest BCUT2D eigenvalue weighted by molar-refractivity contribution is -0.0498. The molecule has 1 atom stereocenters. The van der Waals surface area contributed by atoms with Crippen molar-refractivity contribution in [3.8, 4) is 17.0 Å². The van der Waals surface area contributed by atoms with Crippen molar-refractivity contribution < 1.29 is 23.0 Å². The van der Waals surface area contributed by atoms with Crippen LogP contribution >= 0.6 is 0 Å². The van der Waals surface area contributed by atoms with Gasteiger partial charge in [-0.2, -0.15) is 13.9 Å². The number of amides is 1. The molecule has 0 aliphatic carbocycles. The highest BCUT2D eigenvalue weighted by atomic mass is 19.3. The molecule has 168 valence electrons. The molecule has 1 saturated heterocycles. The Morgan fingerprint density at radius 3 is 2.78 bits per heavy atom. The Labute approximate surface area is 184 Å². The van der Waals surface area contributed by atoms with Crippen LogP contribution in [0.5, 0.6) is 5.75 Å². The quantitative estimate of drug-likeness (QED) is 0.577. The summed E-state index contributed by atoms with van der Waals surface area (Å²) >= 11 is 0. The summed E-state index contributed by atoms with van der Waals surface area (Å²) in [6.07, 6.45) is 0.00104. The predicted molar refractivity (Wildman–Crippen MR) is 116 cm³/mol. The van der Waals surface area contributed by atoms with Gasteiger partial charge in [-0.05, 0) is 42.8 Å². The highest BCUT2D eigenvalue weighted by Gasteiger charge is 2.18. The van der Waals surface area contributed by atoms with Crippen LogP contribution in [0.1, 0.15) is 29.1 Å². The zero-order valence-corrected chi connectivity index (χ0v) is 17.6. The Kier molecular flexibility index (Phi) is 6.77. The van der Waals surface area contributed by atoms with E-state index in [2.05, 4.69) is 20.5 Å². The lowest BCUT2D eigenvalue weighted by atomic mass is 10.1. The van der Waals surface area contributed by atoms with Gasteiger partial charge in [-0.3, -0.25) is 9.48 Å². The molecule has 32 heavy (non-hydrogen) atoms. The third kappa shape index (κ3) is 5.12. The van der Waals surface area contributed by atoms with Gasteiger partial charge in [0.05, 0.1) is 18.4 Å². The first kappa shape index (κ1) is 21.9. The van der Waals surface area contributed by atoms with E-state index < -0.39 is 6.61 Å². The maximum absolute atomic E-state index is 12.8. The predicted octanol–water partition coefficient (Wildman–Crippen LogP) is 4.08. The molecule has 1 amide bonds. The number of rotatable bonds is 7. The second-order valence-electron chi connectivity index (χ2n) is 7.28. The van der Waals surface area contributed by atoms with Crippen molar-refractivity contribution in [3.05, 3.63) is 65.9 Å². The molecule has 2 heterocycles. The minimum Gasteiger partial charge on any atom is -0.435 e.